The molecule has 3 N–H and O–H groups in total. The van der Waals surface area contributed by atoms with Crippen molar-refractivity contribution in [1.29, 1.82) is 0 Å². The van der Waals surface area contributed by atoms with Gasteiger partial charge in [0.05, 0.1) is 4.88 Å². The molecule has 0 saturated carbocycles. The quantitative estimate of drug-likeness (QED) is 0.570. The highest BCUT2D eigenvalue weighted by Gasteiger charge is 2.20. The van der Waals surface area contributed by atoms with Gasteiger partial charge in [0.15, 0.2) is 6.54 Å². The molecule has 3 rings (SSSR count). The van der Waals surface area contributed by atoms with E-state index in [4.69, 9.17) is 0 Å². The van der Waals surface area contributed by atoms with Crippen molar-refractivity contribution in [2.24, 2.45) is 0 Å². The molecular weight excluding hydrogens is 364 g/mol. The van der Waals surface area contributed by atoms with Crippen molar-refractivity contribution in [3.63, 3.8) is 0 Å². The minimum atomic E-state index is 0.0919. The first-order chi connectivity index (χ1) is 13.6. The molecule has 28 heavy (non-hydrogen) atoms. The summed E-state index contributed by atoms with van der Waals surface area (Å²) in [6.07, 6.45) is 1.93. The molecule has 0 saturated heterocycles. The zero-order valence-corrected chi connectivity index (χ0v) is 17.4. The number of hydrogen-bond donors (Lipinski definition) is 2. The summed E-state index contributed by atoms with van der Waals surface area (Å²) in [6.45, 7) is 4.60. The lowest BCUT2D eigenvalue weighted by atomic mass is 10.0. The van der Waals surface area contributed by atoms with Crippen molar-refractivity contribution in [2.75, 3.05) is 6.54 Å². The molecule has 2 atom stereocenters. The fourth-order valence-electron chi connectivity index (χ4n) is 3.32. The lowest BCUT2D eigenvalue weighted by Gasteiger charge is -2.17. The van der Waals surface area contributed by atoms with Crippen LogP contribution in [-0.4, -0.2) is 18.5 Å². The van der Waals surface area contributed by atoms with Gasteiger partial charge in [0.25, 0.3) is 5.91 Å². The van der Waals surface area contributed by atoms with Crippen molar-refractivity contribution >= 4 is 17.2 Å². The summed E-state index contributed by atoms with van der Waals surface area (Å²) < 4.78 is 0. The summed E-state index contributed by atoms with van der Waals surface area (Å²) in [5, 5.41) is 7.37. The number of nitrogens with two attached hydrogens (primary N) is 1. The minimum Gasteiger partial charge on any atom is -0.349 e. The summed E-state index contributed by atoms with van der Waals surface area (Å²) in [5.74, 6) is 0.0919. The normalized spacial score (nSPS) is 13.1. The van der Waals surface area contributed by atoms with E-state index in [1.54, 1.807) is 11.3 Å². The highest BCUT2D eigenvalue weighted by atomic mass is 32.1. The Kier molecular flexibility index (Phi) is 7.40. The maximum atomic E-state index is 12.5. The smallest absolute Gasteiger partial charge is 0.275 e. The number of hydrogen-bond acceptors (Lipinski definition) is 2. The van der Waals surface area contributed by atoms with Gasteiger partial charge in [-0.3, -0.25) is 4.79 Å². The molecule has 0 spiro atoms. The van der Waals surface area contributed by atoms with Gasteiger partial charge in [0.1, 0.15) is 6.04 Å². The molecule has 0 bridgehead atoms. The molecule has 0 aliphatic rings. The monoisotopic (exact) mass is 393 g/mol. The van der Waals surface area contributed by atoms with Crippen LogP contribution >= 0.6 is 11.3 Å². The van der Waals surface area contributed by atoms with Crippen LogP contribution in [0.2, 0.25) is 0 Å². The maximum absolute atomic E-state index is 12.5. The zero-order chi connectivity index (χ0) is 19.8. The summed E-state index contributed by atoms with van der Waals surface area (Å²) in [4.78, 5) is 13.8. The summed E-state index contributed by atoms with van der Waals surface area (Å²) >= 11 is 1.74. The van der Waals surface area contributed by atoms with E-state index in [2.05, 4.69) is 90.5 Å². The predicted octanol–water partition coefficient (Wildman–Crippen LogP) is 3.85. The molecule has 0 aliphatic heterocycles. The zero-order valence-electron chi connectivity index (χ0n) is 16.6. The molecule has 0 aliphatic carbocycles. The Morgan fingerprint density at radius 1 is 1.04 bits per heavy atom. The third-order valence-corrected chi connectivity index (χ3v) is 5.90. The average molecular weight is 394 g/mol. The fourth-order valence-corrected chi connectivity index (χ4v) is 4.17. The van der Waals surface area contributed by atoms with E-state index in [-0.39, 0.29) is 18.0 Å². The van der Waals surface area contributed by atoms with Crippen LogP contribution in [0, 0.1) is 6.92 Å². The SMILES string of the molecule is Cc1ccc([C@H]([NH2+]CC(=O)N[C@H](C)CCc2ccccc2)c2cccs2)cc1. The molecule has 0 unspecified atom stereocenters. The van der Waals surface area contributed by atoms with Crippen LogP contribution < -0.4 is 10.6 Å². The first kappa shape index (κ1) is 20.3. The Morgan fingerprint density at radius 3 is 2.46 bits per heavy atom. The number of quaternary nitrogens is 1. The second kappa shape index (κ2) is 10.2. The van der Waals surface area contributed by atoms with Gasteiger partial charge >= 0.3 is 0 Å². The molecule has 3 nitrogen and oxygen atoms in total. The van der Waals surface area contributed by atoms with E-state index in [9.17, 15) is 4.79 Å². The van der Waals surface area contributed by atoms with Gasteiger partial charge in [-0.2, -0.15) is 0 Å². The second-order valence-corrected chi connectivity index (χ2v) is 8.32. The van der Waals surface area contributed by atoms with Crippen LogP contribution in [0.5, 0.6) is 0 Å². The largest absolute Gasteiger partial charge is 0.349 e. The molecule has 0 fully saturated rings. The predicted molar refractivity (Wildman–Crippen MR) is 117 cm³/mol. The number of nitrogens with one attached hydrogen (secondary N) is 1. The van der Waals surface area contributed by atoms with Crippen molar-refractivity contribution in [3.8, 4) is 0 Å². The summed E-state index contributed by atoms with van der Waals surface area (Å²) in [6, 6.07) is 23.6. The van der Waals surface area contributed by atoms with Gasteiger partial charge in [-0.25, -0.2) is 0 Å². The van der Waals surface area contributed by atoms with Crippen molar-refractivity contribution in [1.82, 2.24) is 5.32 Å². The van der Waals surface area contributed by atoms with Crippen LogP contribution in [-0.2, 0) is 11.2 Å². The Labute approximate surface area is 171 Å². The number of carbonyl (C=O) groups excluding carboxylic acids is 1. The minimum absolute atomic E-state index is 0.0919. The van der Waals surface area contributed by atoms with E-state index >= 15 is 0 Å². The van der Waals surface area contributed by atoms with Gasteiger partial charge in [-0.05, 0) is 43.7 Å². The number of amides is 1. The molecule has 3 aromatic rings. The van der Waals surface area contributed by atoms with Crippen LogP contribution in [0.4, 0.5) is 0 Å². The maximum Gasteiger partial charge on any atom is 0.275 e. The molecule has 2 aromatic carbocycles. The molecule has 1 heterocycles. The van der Waals surface area contributed by atoms with Crippen molar-refractivity contribution in [3.05, 3.63) is 93.7 Å². The van der Waals surface area contributed by atoms with E-state index in [1.165, 1.54) is 21.6 Å². The second-order valence-electron chi connectivity index (χ2n) is 7.34. The van der Waals surface area contributed by atoms with Gasteiger partial charge < -0.3 is 10.6 Å². The first-order valence-electron chi connectivity index (χ1n) is 9.88. The van der Waals surface area contributed by atoms with Gasteiger partial charge in [-0.15, -0.1) is 11.3 Å². The standard InChI is InChI=1S/C24H28N2OS/c1-18-10-14-21(15-11-18)24(22-9-6-16-28-22)25-17-23(27)26-19(2)12-13-20-7-4-3-5-8-20/h3-11,14-16,19,24-25H,12-13,17H2,1-2H3,(H,26,27)/p+1/t19-,24+/m1/s1. The Morgan fingerprint density at radius 2 is 1.79 bits per heavy atom. The Hall–Kier alpha value is -2.43. The number of rotatable bonds is 9. The number of thiophene rings is 1. The van der Waals surface area contributed by atoms with E-state index in [1.807, 2.05) is 6.07 Å². The summed E-state index contributed by atoms with van der Waals surface area (Å²) in [7, 11) is 0. The molecule has 1 amide bonds. The van der Waals surface area contributed by atoms with Gasteiger partial charge in [-0.1, -0.05) is 66.2 Å². The van der Waals surface area contributed by atoms with Crippen molar-refractivity contribution in [2.45, 2.75) is 38.8 Å². The number of aryl methyl sites for hydroxylation is 2. The third kappa shape index (κ3) is 6.04. The Balaban J connectivity index is 1.52. The fraction of sp³-hybridized carbons (Fsp3) is 0.292. The molecule has 4 heteroatoms. The molecule has 0 radical (unpaired) electrons. The average Bonchev–Trinajstić information content (AvgIpc) is 3.23. The van der Waals surface area contributed by atoms with Crippen LogP contribution in [0.15, 0.2) is 72.1 Å². The molecule has 146 valence electrons. The van der Waals surface area contributed by atoms with Crippen molar-refractivity contribution < 1.29 is 10.1 Å². The molecule has 1 aromatic heterocycles. The molecular formula is C24H29N2OS+. The lowest BCUT2D eigenvalue weighted by molar-refractivity contribution is -0.676. The van der Waals surface area contributed by atoms with Crippen LogP contribution in [0.25, 0.3) is 0 Å². The topological polar surface area (TPSA) is 45.7 Å². The Bertz CT molecular complexity index is 844. The van der Waals surface area contributed by atoms with E-state index < -0.39 is 0 Å². The van der Waals surface area contributed by atoms with Gasteiger partial charge in [0.2, 0.25) is 0 Å². The number of carbonyl (C=O) groups is 1. The van der Waals surface area contributed by atoms with E-state index in [0.29, 0.717) is 6.54 Å². The van der Waals surface area contributed by atoms with Crippen LogP contribution in [0.3, 0.4) is 0 Å². The lowest BCUT2D eigenvalue weighted by Crippen LogP contribution is -2.87. The summed E-state index contributed by atoms with van der Waals surface area (Å²) in [5.41, 5.74) is 3.80. The van der Waals surface area contributed by atoms with Crippen LogP contribution in [0.1, 0.15) is 41.0 Å². The highest BCUT2D eigenvalue weighted by molar-refractivity contribution is 7.10. The first-order valence-corrected chi connectivity index (χ1v) is 10.8. The van der Waals surface area contributed by atoms with Gasteiger partial charge in [0, 0.05) is 11.6 Å². The number of benzene rings is 2. The van der Waals surface area contributed by atoms with E-state index in [0.717, 1.165) is 12.8 Å². The third-order valence-electron chi connectivity index (χ3n) is 4.94. The highest BCUT2D eigenvalue weighted by Crippen LogP contribution is 2.22.